The molecule has 20 heavy (non-hydrogen) atoms. The number of anilines is 1. The molecule has 1 fully saturated rings. The summed E-state index contributed by atoms with van der Waals surface area (Å²) in [6, 6.07) is 3.80. The third-order valence-electron chi connectivity index (χ3n) is 3.37. The lowest BCUT2D eigenvalue weighted by Crippen LogP contribution is -2.16. The van der Waals surface area contributed by atoms with Crippen molar-refractivity contribution in [3.63, 3.8) is 0 Å². The average molecular weight is 276 g/mol. The molecule has 1 amide bonds. The summed E-state index contributed by atoms with van der Waals surface area (Å²) in [6.45, 7) is 2.61. The van der Waals surface area contributed by atoms with Crippen LogP contribution < -0.4 is 5.32 Å². The van der Waals surface area contributed by atoms with Gasteiger partial charge in [-0.1, -0.05) is 0 Å². The second-order valence-electron chi connectivity index (χ2n) is 5.11. The molecule has 1 N–H and O–H groups in total. The third kappa shape index (κ3) is 4.35. The van der Waals surface area contributed by atoms with Gasteiger partial charge in [-0.05, 0) is 26.2 Å². The van der Waals surface area contributed by atoms with Crippen molar-refractivity contribution < 1.29 is 9.53 Å². The van der Waals surface area contributed by atoms with Gasteiger partial charge in [-0.15, -0.1) is 0 Å². The number of hydrogen-bond donors (Lipinski definition) is 1. The van der Waals surface area contributed by atoms with Gasteiger partial charge in [0.1, 0.15) is 0 Å². The highest BCUT2D eigenvalue weighted by Gasteiger charge is 2.22. The van der Waals surface area contributed by atoms with E-state index in [0.717, 1.165) is 19.3 Å². The molecule has 0 radical (unpaired) electrons. The van der Waals surface area contributed by atoms with Crippen molar-refractivity contribution in [1.29, 1.82) is 5.26 Å². The Morgan fingerprint density at radius 2 is 2.50 bits per heavy atom. The molecule has 0 spiro atoms. The Kier molecular flexibility index (Phi) is 5.13. The smallest absolute Gasteiger partial charge is 0.225 e. The number of ether oxygens (including phenoxy) is 1. The zero-order valence-electron chi connectivity index (χ0n) is 11.7. The summed E-state index contributed by atoms with van der Waals surface area (Å²) in [6.07, 6.45) is 6.02. The first-order valence-corrected chi connectivity index (χ1v) is 7.03. The van der Waals surface area contributed by atoms with Crippen LogP contribution in [0.5, 0.6) is 0 Å². The Morgan fingerprint density at radius 1 is 1.65 bits per heavy atom. The number of aromatic nitrogens is 2. The number of carbonyl (C=O) groups excluding carboxylic acids is 1. The van der Waals surface area contributed by atoms with Gasteiger partial charge in [0.2, 0.25) is 5.91 Å². The number of nitrogens with zero attached hydrogens (tertiary/aromatic N) is 3. The van der Waals surface area contributed by atoms with Crippen LogP contribution in [0.25, 0.3) is 0 Å². The van der Waals surface area contributed by atoms with Crippen LogP contribution in [-0.2, 0) is 16.1 Å². The van der Waals surface area contributed by atoms with Gasteiger partial charge in [0, 0.05) is 18.7 Å². The maximum Gasteiger partial charge on any atom is 0.225 e. The Bertz CT molecular complexity index is 492. The second-order valence-corrected chi connectivity index (χ2v) is 5.11. The van der Waals surface area contributed by atoms with Crippen LogP contribution in [0.3, 0.4) is 0 Å². The van der Waals surface area contributed by atoms with Gasteiger partial charge in [0.15, 0.2) is 5.82 Å². The lowest BCUT2D eigenvalue weighted by Gasteiger charge is -2.10. The van der Waals surface area contributed by atoms with E-state index in [1.165, 1.54) is 0 Å². The van der Waals surface area contributed by atoms with Gasteiger partial charge in [0.25, 0.3) is 0 Å². The average Bonchev–Trinajstić information content (AvgIpc) is 3.03. The molecule has 108 valence electrons. The minimum absolute atomic E-state index is 0.0429. The lowest BCUT2D eigenvalue weighted by molar-refractivity contribution is -0.116. The fourth-order valence-corrected chi connectivity index (χ4v) is 2.31. The molecule has 0 aromatic carbocycles. The molecule has 0 unspecified atom stereocenters. The highest BCUT2D eigenvalue weighted by Crippen LogP contribution is 2.22. The minimum Gasteiger partial charge on any atom is -0.375 e. The maximum absolute atomic E-state index is 11.8. The molecule has 1 aliphatic heterocycles. The quantitative estimate of drug-likeness (QED) is 0.862. The summed E-state index contributed by atoms with van der Waals surface area (Å²) in [5, 5.41) is 15.4. The number of nitrogens with one attached hydrogen (secondary N) is 1. The number of amides is 1. The summed E-state index contributed by atoms with van der Waals surface area (Å²) in [4.78, 5) is 11.8. The third-order valence-corrected chi connectivity index (χ3v) is 3.37. The highest BCUT2D eigenvalue weighted by molar-refractivity contribution is 5.89. The molecule has 2 rings (SSSR count). The first kappa shape index (κ1) is 14.5. The number of nitriles is 1. The largest absolute Gasteiger partial charge is 0.375 e. The Hall–Kier alpha value is -1.87. The fraction of sp³-hybridized carbons (Fsp3) is 0.643. The van der Waals surface area contributed by atoms with E-state index < -0.39 is 0 Å². The van der Waals surface area contributed by atoms with Gasteiger partial charge in [-0.3, -0.25) is 9.48 Å². The summed E-state index contributed by atoms with van der Waals surface area (Å²) < 4.78 is 7.33. The van der Waals surface area contributed by atoms with Gasteiger partial charge in [0.05, 0.1) is 31.2 Å². The van der Waals surface area contributed by atoms with Crippen LogP contribution in [0, 0.1) is 11.3 Å². The van der Waals surface area contributed by atoms with Gasteiger partial charge in [-0.2, -0.15) is 10.4 Å². The van der Waals surface area contributed by atoms with Crippen molar-refractivity contribution in [3.05, 3.63) is 12.3 Å². The van der Waals surface area contributed by atoms with E-state index in [1.807, 2.05) is 0 Å². The summed E-state index contributed by atoms with van der Waals surface area (Å²) >= 11 is 0. The fourth-order valence-electron chi connectivity index (χ4n) is 2.31. The molecule has 0 bridgehead atoms. The molecular formula is C14H20N4O2. The zero-order chi connectivity index (χ0) is 14.4. The molecule has 1 aromatic rings. The minimum atomic E-state index is -0.0429. The van der Waals surface area contributed by atoms with Gasteiger partial charge < -0.3 is 10.1 Å². The van der Waals surface area contributed by atoms with Crippen LogP contribution in [-0.4, -0.2) is 27.9 Å². The Balaban J connectivity index is 1.71. The van der Waals surface area contributed by atoms with Crippen molar-refractivity contribution >= 4 is 11.7 Å². The standard InChI is InChI=1S/C14H20N4O2/c1-11-3-4-12(20-11)5-6-14(19)16-13-7-10-18(17-13)9-2-8-15/h7,10-12H,2-6,9H2,1H3,(H,16,17,19)/t11-,12-/m0/s1. The maximum atomic E-state index is 11.8. The van der Waals surface area contributed by atoms with Gasteiger partial charge >= 0.3 is 0 Å². The summed E-state index contributed by atoms with van der Waals surface area (Å²) in [7, 11) is 0. The summed E-state index contributed by atoms with van der Waals surface area (Å²) in [5.41, 5.74) is 0. The molecule has 6 heteroatoms. The Morgan fingerprint density at radius 3 is 3.20 bits per heavy atom. The monoisotopic (exact) mass is 276 g/mol. The normalized spacial score (nSPS) is 21.6. The van der Waals surface area contributed by atoms with Crippen molar-refractivity contribution in [3.8, 4) is 6.07 Å². The van der Waals surface area contributed by atoms with Crippen molar-refractivity contribution in [2.45, 2.75) is 57.8 Å². The van der Waals surface area contributed by atoms with E-state index >= 15 is 0 Å². The van der Waals surface area contributed by atoms with Crippen molar-refractivity contribution in [2.75, 3.05) is 5.32 Å². The van der Waals surface area contributed by atoms with Crippen molar-refractivity contribution in [2.24, 2.45) is 0 Å². The molecule has 2 heterocycles. The second kappa shape index (κ2) is 7.06. The predicted molar refractivity (Wildman–Crippen MR) is 73.9 cm³/mol. The van der Waals surface area contributed by atoms with E-state index in [-0.39, 0.29) is 12.0 Å². The van der Waals surface area contributed by atoms with E-state index in [1.54, 1.807) is 16.9 Å². The molecule has 6 nitrogen and oxygen atoms in total. The number of aryl methyl sites for hydroxylation is 1. The van der Waals surface area contributed by atoms with E-state index in [9.17, 15) is 4.79 Å². The van der Waals surface area contributed by atoms with Crippen LogP contribution in [0.4, 0.5) is 5.82 Å². The topological polar surface area (TPSA) is 79.9 Å². The first-order valence-electron chi connectivity index (χ1n) is 7.03. The first-order chi connectivity index (χ1) is 9.67. The van der Waals surface area contributed by atoms with E-state index in [2.05, 4.69) is 23.4 Å². The van der Waals surface area contributed by atoms with Gasteiger partial charge in [-0.25, -0.2) is 0 Å². The van der Waals surface area contributed by atoms with Crippen molar-refractivity contribution in [1.82, 2.24) is 9.78 Å². The number of hydrogen-bond acceptors (Lipinski definition) is 4. The molecule has 0 saturated carbocycles. The van der Waals surface area contributed by atoms with Crippen LogP contribution >= 0.6 is 0 Å². The summed E-state index contributed by atoms with van der Waals surface area (Å²) in [5.74, 6) is 0.493. The molecule has 2 atom stereocenters. The number of rotatable bonds is 6. The number of carbonyl (C=O) groups is 1. The molecule has 1 aromatic heterocycles. The van der Waals surface area contributed by atoms with E-state index in [0.29, 0.717) is 31.3 Å². The van der Waals surface area contributed by atoms with Crippen LogP contribution in [0.1, 0.15) is 39.0 Å². The Labute approximate surface area is 118 Å². The molecule has 1 aliphatic rings. The molecule has 1 saturated heterocycles. The zero-order valence-corrected chi connectivity index (χ0v) is 11.7. The lowest BCUT2D eigenvalue weighted by atomic mass is 10.1. The van der Waals surface area contributed by atoms with Crippen LogP contribution in [0.2, 0.25) is 0 Å². The highest BCUT2D eigenvalue weighted by atomic mass is 16.5. The van der Waals surface area contributed by atoms with E-state index in [4.69, 9.17) is 10.00 Å². The molecule has 0 aliphatic carbocycles. The molecular weight excluding hydrogens is 256 g/mol. The van der Waals surface area contributed by atoms with Crippen LogP contribution in [0.15, 0.2) is 12.3 Å². The SMILES string of the molecule is C[C@H]1CC[C@@H](CCC(=O)Nc2ccn(CCC#N)n2)O1. The predicted octanol–water partition coefficient (Wildman–Crippen LogP) is 2.08.